The molecule has 3 N–H and O–H groups in total. The molecule has 0 spiro atoms. The van der Waals surface area contributed by atoms with Gasteiger partial charge in [-0.3, -0.25) is 9.59 Å². The highest BCUT2D eigenvalue weighted by atomic mass is 79.9. The van der Waals surface area contributed by atoms with E-state index in [1.807, 2.05) is 12.1 Å². The Morgan fingerprint density at radius 3 is 2.23 bits per heavy atom. The fourth-order valence-corrected chi connectivity index (χ4v) is 2.00. The minimum atomic E-state index is -0.678. The number of primary amides is 1. The van der Waals surface area contributed by atoms with Crippen LogP contribution in [0.3, 0.4) is 0 Å². The van der Waals surface area contributed by atoms with Gasteiger partial charge < -0.3 is 15.8 Å². The smallest absolute Gasteiger partial charge is 0.265 e. The molecule has 2 amide bonds. The lowest BCUT2D eigenvalue weighted by molar-refractivity contribution is -0.122. The molecule has 0 radical (unpaired) electrons. The molecule has 6 heteroatoms. The second kappa shape index (κ2) is 7.09. The van der Waals surface area contributed by atoms with Crippen molar-refractivity contribution in [1.82, 2.24) is 0 Å². The van der Waals surface area contributed by atoms with E-state index in [9.17, 15) is 9.59 Å². The van der Waals surface area contributed by atoms with Crippen LogP contribution < -0.4 is 15.8 Å². The standard InChI is InChI=1S/C16H15BrN2O3/c1-10(16(21)19-13-6-4-12(17)5-7-13)22-14-8-2-11(3-9-14)15(18)20/h2-10H,1H3,(H2,18,20)(H,19,21)/t10-/m0/s1. The van der Waals surface area contributed by atoms with Crippen molar-refractivity contribution in [1.29, 1.82) is 0 Å². The maximum atomic E-state index is 12.1. The summed E-state index contributed by atoms with van der Waals surface area (Å²) in [5.74, 6) is -0.280. The average Bonchev–Trinajstić information content (AvgIpc) is 2.50. The van der Waals surface area contributed by atoms with Crippen LogP contribution in [0, 0.1) is 0 Å². The van der Waals surface area contributed by atoms with Crippen molar-refractivity contribution < 1.29 is 14.3 Å². The highest BCUT2D eigenvalue weighted by Gasteiger charge is 2.15. The van der Waals surface area contributed by atoms with Crippen LogP contribution in [0.15, 0.2) is 53.0 Å². The maximum Gasteiger partial charge on any atom is 0.265 e. The van der Waals surface area contributed by atoms with E-state index < -0.39 is 12.0 Å². The largest absolute Gasteiger partial charge is 0.481 e. The zero-order valence-electron chi connectivity index (χ0n) is 11.9. The summed E-state index contributed by atoms with van der Waals surface area (Å²) in [5.41, 5.74) is 6.24. The van der Waals surface area contributed by atoms with Gasteiger partial charge in [-0.25, -0.2) is 0 Å². The minimum absolute atomic E-state index is 0.263. The highest BCUT2D eigenvalue weighted by molar-refractivity contribution is 9.10. The van der Waals surface area contributed by atoms with Gasteiger partial charge in [0.1, 0.15) is 5.75 Å². The van der Waals surface area contributed by atoms with Gasteiger partial charge in [-0.1, -0.05) is 15.9 Å². The summed E-state index contributed by atoms with van der Waals surface area (Å²) in [6, 6.07) is 13.6. The first kappa shape index (κ1) is 16.0. The molecule has 22 heavy (non-hydrogen) atoms. The quantitative estimate of drug-likeness (QED) is 0.857. The number of nitrogens with one attached hydrogen (secondary N) is 1. The molecule has 0 saturated heterocycles. The number of hydrogen-bond donors (Lipinski definition) is 2. The first-order valence-electron chi connectivity index (χ1n) is 6.58. The SMILES string of the molecule is C[C@H](Oc1ccc(C(N)=O)cc1)C(=O)Nc1ccc(Br)cc1. The van der Waals surface area contributed by atoms with Crippen molar-refractivity contribution in [2.24, 2.45) is 5.73 Å². The number of nitrogens with two attached hydrogens (primary N) is 1. The van der Waals surface area contributed by atoms with E-state index in [2.05, 4.69) is 21.2 Å². The van der Waals surface area contributed by atoms with E-state index in [0.29, 0.717) is 17.0 Å². The van der Waals surface area contributed by atoms with Gasteiger partial charge in [0.05, 0.1) is 0 Å². The number of carbonyl (C=O) groups excluding carboxylic acids is 2. The molecule has 2 rings (SSSR count). The number of benzene rings is 2. The van der Waals surface area contributed by atoms with Gasteiger partial charge in [0, 0.05) is 15.7 Å². The number of amides is 2. The van der Waals surface area contributed by atoms with Gasteiger partial charge >= 0.3 is 0 Å². The topological polar surface area (TPSA) is 81.4 Å². The van der Waals surface area contributed by atoms with Crippen LogP contribution >= 0.6 is 15.9 Å². The lowest BCUT2D eigenvalue weighted by atomic mass is 10.2. The van der Waals surface area contributed by atoms with Crippen molar-refractivity contribution in [3.63, 3.8) is 0 Å². The average molecular weight is 363 g/mol. The van der Waals surface area contributed by atoms with Crippen molar-refractivity contribution in [2.45, 2.75) is 13.0 Å². The van der Waals surface area contributed by atoms with Gasteiger partial charge in [0.2, 0.25) is 5.91 Å². The van der Waals surface area contributed by atoms with E-state index in [1.54, 1.807) is 43.3 Å². The Morgan fingerprint density at radius 2 is 1.68 bits per heavy atom. The second-order valence-electron chi connectivity index (χ2n) is 4.64. The van der Waals surface area contributed by atoms with Crippen LogP contribution in [0.4, 0.5) is 5.69 Å². The third-order valence-corrected chi connectivity index (χ3v) is 3.46. The van der Waals surface area contributed by atoms with Gasteiger partial charge in [-0.15, -0.1) is 0 Å². The molecule has 0 heterocycles. The van der Waals surface area contributed by atoms with Gasteiger partial charge in [-0.05, 0) is 55.5 Å². The third kappa shape index (κ3) is 4.33. The van der Waals surface area contributed by atoms with Crippen LogP contribution in [0.1, 0.15) is 17.3 Å². The maximum absolute atomic E-state index is 12.1. The van der Waals surface area contributed by atoms with E-state index >= 15 is 0 Å². The molecular formula is C16H15BrN2O3. The second-order valence-corrected chi connectivity index (χ2v) is 5.56. The lowest BCUT2D eigenvalue weighted by Crippen LogP contribution is -2.30. The summed E-state index contributed by atoms with van der Waals surface area (Å²) in [5, 5.41) is 2.76. The first-order chi connectivity index (χ1) is 10.5. The molecule has 0 unspecified atom stereocenters. The van der Waals surface area contributed by atoms with Crippen molar-refractivity contribution in [2.75, 3.05) is 5.32 Å². The van der Waals surface area contributed by atoms with Crippen LogP contribution in [-0.2, 0) is 4.79 Å². The van der Waals surface area contributed by atoms with Crippen molar-refractivity contribution in [3.05, 3.63) is 58.6 Å². The fourth-order valence-electron chi connectivity index (χ4n) is 1.73. The van der Waals surface area contributed by atoms with Crippen molar-refractivity contribution in [3.8, 4) is 5.75 Å². The Kier molecular flexibility index (Phi) is 5.16. The number of ether oxygens (including phenoxy) is 1. The predicted octanol–water partition coefficient (Wildman–Crippen LogP) is 2.95. The van der Waals surface area contributed by atoms with Gasteiger partial charge in [0.25, 0.3) is 5.91 Å². The summed E-state index contributed by atoms with van der Waals surface area (Å²) in [7, 11) is 0. The predicted molar refractivity (Wildman–Crippen MR) is 87.8 cm³/mol. The zero-order valence-corrected chi connectivity index (χ0v) is 13.5. The molecule has 1 atom stereocenters. The summed E-state index contributed by atoms with van der Waals surface area (Å²) >= 11 is 3.33. The number of rotatable bonds is 5. The highest BCUT2D eigenvalue weighted by Crippen LogP contribution is 2.16. The van der Waals surface area contributed by atoms with E-state index in [0.717, 1.165) is 4.47 Å². The summed E-state index contributed by atoms with van der Waals surface area (Å²) in [6.07, 6.45) is -0.678. The molecule has 5 nitrogen and oxygen atoms in total. The third-order valence-electron chi connectivity index (χ3n) is 2.93. The summed E-state index contributed by atoms with van der Waals surface area (Å²) in [6.45, 7) is 1.65. The molecule has 0 aliphatic heterocycles. The Bertz CT molecular complexity index is 669. The van der Waals surface area contributed by atoms with E-state index in [1.165, 1.54) is 0 Å². The fraction of sp³-hybridized carbons (Fsp3) is 0.125. The molecule has 0 bridgehead atoms. The number of halogens is 1. The molecule has 0 fully saturated rings. The normalized spacial score (nSPS) is 11.5. The van der Waals surface area contributed by atoms with Crippen LogP contribution in [0.5, 0.6) is 5.75 Å². The molecule has 114 valence electrons. The minimum Gasteiger partial charge on any atom is -0.481 e. The van der Waals surface area contributed by atoms with E-state index in [4.69, 9.17) is 10.5 Å². The zero-order chi connectivity index (χ0) is 16.1. The number of carbonyl (C=O) groups is 2. The Balaban J connectivity index is 1.95. The molecule has 0 aliphatic carbocycles. The molecule has 0 saturated carbocycles. The van der Waals surface area contributed by atoms with Crippen LogP contribution in [0.25, 0.3) is 0 Å². The summed E-state index contributed by atoms with van der Waals surface area (Å²) in [4.78, 5) is 23.0. The monoisotopic (exact) mass is 362 g/mol. The van der Waals surface area contributed by atoms with E-state index in [-0.39, 0.29) is 5.91 Å². The van der Waals surface area contributed by atoms with Crippen LogP contribution in [-0.4, -0.2) is 17.9 Å². The molecule has 0 aromatic heterocycles. The molecule has 2 aromatic rings. The van der Waals surface area contributed by atoms with Gasteiger partial charge in [0.15, 0.2) is 6.10 Å². The molecule has 2 aromatic carbocycles. The molecule has 0 aliphatic rings. The number of anilines is 1. The Hall–Kier alpha value is -2.34. The summed E-state index contributed by atoms with van der Waals surface area (Å²) < 4.78 is 6.47. The van der Waals surface area contributed by atoms with Gasteiger partial charge in [-0.2, -0.15) is 0 Å². The molecular weight excluding hydrogens is 348 g/mol. The van der Waals surface area contributed by atoms with Crippen molar-refractivity contribution >= 4 is 33.4 Å². The Morgan fingerprint density at radius 1 is 1.09 bits per heavy atom. The lowest BCUT2D eigenvalue weighted by Gasteiger charge is -2.15. The van der Waals surface area contributed by atoms with Crippen LogP contribution in [0.2, 0.25) is 0 Å². The number of hydrogen-bond acceptors (Lipinski definition) is 3. The Labute approximate surface area is 136 Å². The first-order valence-corrected chi connectivity index (χ1v) is 7.38.